The van der Waals surface area contributed by atoms with Crippen LogP contribution in [0.15, 0.2) is 70.6 Å². The van der Waals surface area contributed by atoms with E-state index in [-0.39, 0.29) is 15.6 Å². The molecule has 2 N–H and O–H groups in total. The van der Waals surface area contributed by atoms with Crippen LogP contribution in [0.5, 0.6) is 0 Å². The number of amides is 1. The molecule has 10 heteroatoms. The van der Waals surface area contributed by atoms with E-state index >= 15 is 0 Å². The molecular weight excluding hydrogens is 674 g/mol. The second-order valence-corrected chi connectivity index (χ2v) is 9.99. The van der Waals surface area contributed by atoms with Crippen LogP contribution in [-0.2, 0) is 0 Å². The number of carboxylic acids is 1. The molecular formula is C22H15Br4N3O3. The van der Waals surface area contributed by atoms with E-state index < -0.39 is 11.9 Å². The molecule has 0 unspecified atom stereocenters. The normalized spacial score (nSPS) is 11.1. The Morgan fingerprint density at radius 2 is 1.34 bits per heavy atom. The Morgan fingerprint density at radius 3 is 1.94 bits per heavy atom. The number of aryl methyl sites for hydroxylation is 2. The second kappa shape index (κ2) is 10.4. The largest absolute Gasteiger partial charge is 0.478 e. The second-order valence-electron chi connectivity index (χ2n) is 6.82. The topological polar surface area (TPSA) is 91.1 Å². The van der Waals surface area contributed by atoms with Gasteiger partial charge in [-0.15, -0.1) is 5.11 Å². The van der Waals surface area contributed by atoms with Gasteiger partial charge in [0.1, 0.15) is 5.69 Å². The first-order chi connectivity index (χ1) is 15.1. The fourth-order valence-electron chi connectivity index (χ4n) is 2.79. The highest BCUT2D eigenvalue weighted by Gasteiger charge is 2.28. The summed E-state index contributed by atoms with van der Waals surface area (Å²) in [7, 11) is 0. The molecule has 0 heterocycles. The van der Waals surface area contributed by atoms with Gasteiger partial charge in [0.15, 0.2) is 0 Å². The van der Waals surface area contributed by atoms with Crippen LogP contribution < -0.4 is 5.32 Å². The van der Waals surface area contributed by atoms with Gasteiger partial charge in [-0.25, -0.2) is 4.79 Å². The van der Waals surface area contributed by atoms with Crippen LogP contribution in [0.25, 0.3) is 0 Å². The van der Waals surface area contributed by atoms with E-state index in [2.05, 4.69) is 79.3 Å². The van der Waals surface area contributed by atoms with Gasteiger partial charge in [-0.3, -0.25) is 4.79 Å². The maximum atomic E-state index is 13.2. The lowest BCUT2D eigenvalue weighted by molar-refractivity contribution is 0.0691. The van der Waals surface area contributed by atoms with Crippen LogP contribution in [0, 0.1) is 13.8 Å². The van der Waals surface area contributed by atoms with E-state index in [1.54, 1.807) is 12.1 Å². The smallest absolute Gasteiger partial charge is 0.337 e. The minimum absolute atomic E-state index is 0.0395. The maximum absolute atomic E-state index is 13.2. The molecule has 0 fully saturated rings. The van der Waals surface area contributed by atoms with Crippen LogP contribution in [0.4, 0.5) is 17.1 Å². The third-order valence-corrected chi connectivity index (χ3v) is 9.18. The standard InChI is InChI=1S/C22H15Br4N3O3/c1-10-3-6-12(7-4-10)28-29-13-8-5-11(2)9-14(13)27-21(30)15-16(22(31)32)18(24)20(26)19(25)17(15)23/h3-9H,1-2H3,(H,27,30)(H,31,32). The minimum Gasteiger partial charge on any atom is -0.478 e. The van der Waals surface area contributed by atoms with E-state index in [0.717, 1.165) is 11.1 Å². The molecule has 0 bridgehead atoms. The number of aromatic carboxylic acids is 1. The number of carboxylic acid groups (broad SMARTS) is 1. The zero-order valence-electron chi connectivity index (χ0n) is 16.7. The summed E-state index contributed by atoms with van der Waals surface area (Å²) < 4.78 is 1.52. The number of halogens is 4. The number of rotatable bonds is 5. The highest BCUT2D eigenvalue weighted by Crippen LogP contribution is 2.42. The molecule has 0 aliphatic heterocycles. The summed E-state index contributed by atoms with van der Waals surface area (Å²) in [6, 6.07) is 12.9. The molecule has 32 heavy (non-hydrogen) atoms. The zero-order valence-corrected chi connectivity index (χ0v) is 23.1. The van der Waals surface area contributed by atoms with Gasteiger partial charge in [-0.1, -0.05) is 23.8 Å². The van der Waals surface area contributed by atoms with Gasteiger partial charge < -0.3 is 10.4 Å². The van der Waals surface area contributed by atoms with Crippen molar-refractivity contribution in [1.29, 1.82) is 0 Å². The van der Waals surface area contributed by atoms with Gasteiger partial charge in [-0.05, 0) is 107 Å². The van der Waals surface area contributed by atoms with Gasteiger partial charge in [0.25, 0.3) is 5.91 Å². The van der Waals surface area contributed by atoms with E-state index in [1.165, 1.54) is 0 Å². The van der Waals surface area contributed by atoms with Gasteiger partial charge >= 0.3 is 5.97 Å². The minimum atomic E-state index is -1.25. The van der Waals surface area contributed by atoms with Crippen molar-refractivity contribution in [3.05, 3.63) is 82.6 Å². The molecule has 0 aliphatic rings. The van der Waals surface area contributed by atoms with Crippen LogP contribution in [-0.4, -0.2) is 17.0 Å². The quantitative estimate of drug-likeness (QED) is 0.160. The Morgan fingerprint density at radius 1 is 0.781 bits per heavy atom. The molecule has 0 aliphatic carbocycles. The van der Waals surface area contributed by atoms with Crippen LogP contribution >= 0.6 is 63.7 Å². The summed E-state index contributed by atoms with van der Waals surface area (Å²) >= 11 is 13.3. The molecule has 0 radical (unpaired) electrons. The molecule has 0 spiro atoms. The van der Waals surface area contributed by atoms with Crippen molar-refractivity contribution in [2.24, 2.45) is 10.2 Å². The highest BCUT2D eigenvalue weighted by atomic mass is 79.9. The first kappa shape index (κ1) is 24.8. The predicted molar refractivity (Wildman–Crippen MR) is 139 cm³/mol. The molecule has 164 valence electrons. The Labute approximate surface area is 218 Å². The number of benzene rings is 3. The molecule has 0 saturated carbocycles. The van der Waals surface area contributed by atoms with Crippen molar-refractivity contribution in [2.45, 2.75) is 13.8 Å². The molecule has 3 rings (SSSR count). The molecule has 6 nitrogen and oxygen atoms in total. The molecule has 0 aromatic heterocycles. The lowest BCUT2D eigenvalue weighted by Gasteiger charge is -2.15. The number of carbonyl (C=O) groups excluding carboxylic acids is 1. The third kappa shape index (κ3) is 5.36. The summed E-state index contributed by atoms with van der Waals surface area (Å²) in [4.78, 5) is 25.1. The third-order valence-electron chi connectivity index (χ3n) is 4.42. The monoisotopic (exact) mass is 685 g/mol. The van der Waals surface area contributed by atoms with Crippen molar-refractivity contribution in [3.8, 4) is 0 Å². The summed E-state index contributed by atoms with van der Waals surface area (Å²) in [5.74, 6) is -1.86. The van der Waals surface area contributed by atoms with Crippen molar-refractivity contribution >= 4 is 92.7 Å². The lowest BCUT2D eigenvalue weighted by Crippen LogP contribution is -2.18. The Kier molecular flexibility index (Phi) is 8.02. The number of hydrogen-bond acceptors (Lipinski definition) is 4. The Bertz CT molecular complexity index is 1260. The van der Waals surface area contributed by atoms with Crippen molar-refractivity contribution in [2.75, 3.05) is 5.32 Å². The first-order valence-corrected chi connectivity index (χ1v) is 12.3. The molecule has 3 aromatic rings. The van der Waals surface area contributed by atoms with Crippen molar-refractivity contribution in [1.82, 2.24) is 0 Å². The lowest BCUT2D eigenvalue weighted by atomic mass is 10.1. The number of azo groups is 1. The van der Waals surface area contributed by atoms with Crippen LogP contribution in [0.3, 0.4) is 0 Å². The average molecular weight is 689 g/mol. The van der Waals surface area contributed by atoms with Crippen molar-refractivity contribution in [3.63, 3.8) is 0 Å². The number of hydrogen-bond donors (Lipinski definition) is 2. The zero-order chi connectivity index (χ0) is 23.6. The van der Waals surface area contributed by atoms with Crippen molar-refractivity contribution < 1.29 is 14.7 Å². The van der Waals surface area contributed by atoms with E-state index in [0.29, 0.717) is 30.5 Å². The highest BCUT2D eigenvalue weighted by molar-refractivity contribution is 9.15. The molecule has 1 amide bonds. The summed E-state index contributed by atoms with van der Waals surface area (Å²) in [5, 5.41) is 21.0. The first-order valence-electron chi connectivity index (χ1n) is 9.09. The van der Waals surface area contributed by atoms with Gasteiger partial charge in [-0.2, -0.15) is 5.11 Å². The molecule has 0 atom stereocenters. The van der Waals surface area contributed by atoms with Gasteiger partial charge in [0, 0.05) is 17.9 Å². The van der Waals surface area contributed by atoms with E-state index in [4.69, 9.17) is 0 Å². The summed E-state index contributed by atoms with van der Waals surface area (Å²) in [5.41, 5.74) is 3.30. The van der Waals surface area contributed by atoms with Gasteiger partial charge in [0.05, 0.1) is 22.5 Å². The Balaban J connectivity index is 2.03. The van der Waals surface area contributed by atoms with Crippen LogP contribution in [0.1, 0.15) is 31.8 Å². The fourth-order valence-corrected chi connectivity index (χ4v) is 5.26. The Hall–Kier alpha value is -1.88. The maximum Gasteiger partial charge on any atom is 0.337 e. The SMILES string of the molecule is Cc1ccc(N=Nc2ccc(C)cc2NC(=O)c2c(Br)c(Br)c(Br)c(Br)c2C(=O)O)cc1. The predicted octanol–water partition coefficient (Wildman–Crippen LogP) is 8.72. The van der Waals surface area contributed by atoms with Gasteiger partial charge in [0.2, 0.25) is 0 Å². The average Bonchev–Trinajstić information content (AvgIpc) is 2.74. The van der Waals surface area contributed by atoms with Crippen LogP contribution in [0.2, 0.25) is 0 Å². The fraction of sp³-hybridized carbons (Fsp3) is 0.0909. The number of anilines is 1. The molecule has 0 saturated heterocycles. The number of carbonyl (C=O) groups is 2. The summed E-state index contributed by atoms with van der Waals surface area (Å²) in [6.07, 6.45) is 0. The molecule has 3 aromatic carbocycles. The number of nitrogens with one attached hydrogen (secondary N) is 1. The summed E-state index contributed by atoms with van der Waals surface area (Å²) in [6.45, 7) is 3.86. The van der Waals surface area contributed by atoms with E-state index in [1.807, 2.05) is 44.2 Å². The van der Waals surface area contributed by atoms with E-state index in [9.17, 15) is 14.7 Å². The number of nitrogens with zero attached hydrogens (tertiary/aromatic N) is 2.